The van der Waals surface area contributed by atoms with Gasteiger partial charge in [-0.25, -0.2) is 0 Å². The number of hydrogen-bond acceptors (Lipinski definition) is 4. The van der Waals surface area contributed by atoms with Crippen molar-refractivity contribution in [1.82, 2.24) is 10.2 Å². The molecule has 5 unspecified atom stereocenters. The summed E-state index contributed by atoms with van der Waals surface area (Å²) in [6.45, 7) is 6.85. The highest BCUT2D eigenvalue weighted by Crippen LogP contribution is 2.48. The molecule has 3 aliphatic rings. The molecule has 26 heavy (non-hydrogen) atoms. The number of Topliss-reactive ketones (excluding diaryl/α,β-unsaturated/α-hetero) is 1. The average Bonchev–Trinajstić information content (AvgIpc) is 3.14. The number of nitrogens with one attached hydrogen (secondary N) is 1. The van der Waals surface area contributed by atoms with Crippen molar-refractivity contribution in [2.24, 2.45) is 17.8 Å². The van der Waals surface area contributed by atoms with Gasteiger partial charge in [0.05, 0.1) is 0 Å². The molecule has 3 fully saturated rings. The Hall–Kier alpha value is -1.49. The topological polar surface area (TPSA) is 52.6 Å². The van der Waals surface area contributed by atoms with Gasteiger partial charge in [0.25, 0.3) is 0 Å². The molecule has 0 spiro atoms. The molecule has 2 N–H and O–H groups in total. The van der Waals surface area contributed by atoms with E-state index in [9.17, 15) is 9.90 Å². The third-order valence-electron chi connectivity index (χ3n) is 6.67. The molecule has 5 atom stereocenters. The van der Waals surface area contributed by atoms with Gasteiger partial charge in [0.1, 0.15) is 6.10 Å². The molecule has 140 valence electrons. The number of benzene rings is 1. The molecular formula is C22H30N2O2. The lowest BCUT2D eigenvalue weighted by Gasteiger charge is -2.39. The normalized spacial score (nSPS) is 34.9. The van der Waals surface area contributed by atoms with Gasteiger partial charge in [0, 0.05) is 37.6 Å². The number of carbonyl (C=O) groups excluding carboxylic acids is 1. The van der Waals surface area contributed by atoms with Gasteiger partial charge in [-0.15, -0.1) is 6.58 Å². The molecular weight excluding hydrogens is 324 g/mol. The first kappa shape index (κ1) is 17.9. The SMILES string of the molecule is C=CCNC1C2CN(C3CCCCC3C(=O)C(O)c3ccccc3)CC21. The summed E-state index contributed by atoms with van der Waals surface area (Å²) in [5.41, 5.74) is 0.722. The Morgan fingerprint density at radius 3 is 2.62 bits per heavy atom. The van der Waals surface area contributed by atoms with Crippen molar-refractivity contribution < 1.29 is 9.90 Å². The smallest absolute Gasteiger partial charge is 0.170 e. The van der Waals surface area contributed by atoms with E-state index < -0.39 is 6.10 Å². The van der Waals surface area contributed by atoms with Crippen LogP contribution in [-0.4, -0.2) is 47.5 Å². The van der Waals surface area contributed by atoms with E-state index in [0.29, 0.717) is 12.1 Å². The van der Waals surface area contributed by atoms with E-state index in [1.54, 1.807) is 0 Å². The van der Waals surface area contributed by atoms with Crippen LogP contribution in [0, 0.1) is 17.8 Å². The molecule has 1 heterocycles. The molecule has 1 aliphatic heterocycles. The lowest BCUT2D eigenvalue weighted by Crippen LogP contribution is -2.47. The lowest BCUT2D eigenvalue weighted by molar-refractivity contribution is -0.135. The molecule has 4 heteroatoms. The first-order chi connectivity index (χ1) is 12.7. The number of aliphatic hydroxyl groups is 1. The number of piperidine rings is 1. The molecule has 1 aromatic rings. The molecule has 0 radical (unpaired) electrons. The summed E-state index contributed by atoms with van der Waals surface area (Å²) < 4.78 is 0. The van der Waals surface area contributed by atoms with E-state index in [-0.39, 0.29) is 11.7 Å². The highest BCUT2D eigenvalue weighted by atomic mass is 16.3. The average molecular weight is 354 g/mol. The van der Waals surface area contributed by atoms with Gasteiger partial charge < -0.3 is 10.4 Å². The minimum absolute atomic E-state index is 0.0165. The van der Waals surface area contributed by atoms with E-state index in [2.05, 4.69) is 16.8 Å². The standard InChI is InChI=1S/C22H30N2O2/c1-2-12-23-20-17-13-24(14-18(17)20)19-11-7-6-10-16(19)22(26)21(25)15-8-4-3-5-9-15/h2-5,8-9,16-21,23,25H,1,6-7,10-14H2. The van der Waals surface area contributed by atoms with Crippen LogP contribution < -0.4 is 5.32 Å². The Morgan fingerprint density at radius 2 is 1.92 bits per heavy atom. The van der Waals surface area contributed by atoms with Crippen LogP contribution in [-0.2, 0) is 4.79 Å². The highest BCUT2D eigenvalue weighted by Gasteiger charge is 2.57. The van der Waals surface area contributed by atoms with Gasteiger partial charge in [0.15, 0.2) is 5.78 Å². The minimum atomic E-state index is -0.985. The molecule has 1 saturated heterocycles. The molecule has 0 aromatic heterocycles. The molecule has 1 aromatic carbocycles. The predicted octanol–water partition coefficient (Wildman–Crippen LogP) is 2.55. The lowest BCUT2D eigenvalue weighted by atomic mass is 9.78. The Balaban J connectivity index is 1.40. The van der Waals surface area contributed by atoms with Crippen LogP contribution in [0.15, 0.2) is 43.0 Å². The van der Waals surface area contributed by atoms with Crippen molar-refractivity contribution in [3.8, 4) is 0 Å². The number of ketones is 1. The molecule has 2 aliphatic carbocycles. The summed E-state index contributed by atoms with van der Waals surface area (Å²) in [5, 5.41) is 14.2. The number of likely N-dealkylation sites (tertiary alicyclic amines) is 1. The van der Waals surface area contributed by atoms with Crippen LogP contribution in [0.25, 0.3) is 0 Å². The van der Waals surface area contributed by atoms with Crippen LogP contribution in [0.4, 0.5) is 0 Å². The summed E-state index contributed by atoms with van der Waals surface area (Å²) in [7, 11) is 0. The Morgan fingerprint density at radius 1 is 1.23 bits per heavy atom. The maximum atomic E-state index is 13.1. The summed E-state index contributed by atoms with van der Waals surface area (Å²) >= 11 is 0. The van der Waals surface area contributed by atoms with Crippen LogP contribution in [0.3, 0.4) is 0 Å². The zero-order valence-corrected chi connectivity index (χ0v) is 15.4. The second kappa shape index (κ2) is 7.63. The quantitative estimate of drug-likeness (QED) is 0.739. The molecule has 2 saturated carbocycles. The fraction of sp³-hybridized carbons (Fsp3) is 0.591. The molecule has 4 nitrogen and oxygen atoms in total. The van der Waals surface area contributed by atoms with E-state index >= 15 is 0 Å². The second-order valence-electron chi connectivity index (χ2n) is 8.18. The summed E-state index contributed by atoms with van der Waals surface area (Å²) in [4.78, 5) is 15.6. The van der Waals surface area contributed by atoms with Crippen LogP contribution >= 0.6 is 0 Å². The second-order valence-corrected chi connectivity index (χ2v) is 8.18. The number of hydrogen-bond donors (Lipinski definition) is 2. The number of fused-ring (bicyclic) bond motifs is 1. The van der Waals surface area contributed by atoms with Crippen molar-refractivity contribution in [2.45, 2.75) is 43.9 Å². The Labute approximate surface area is 156 Å². The van der Waals surface area contributed by atoms with Gasteiger partial charge in [-0.2, -0.15) is 0 Å². The Kier molecular flexibility index (Phi) is 5.25. The van der Waals surface area contributed by atoms with Gasteiger partial charge in [-0.3, -0.25) is 9.69 Å². The maximum absolute atomic E-state index is 13.1. The first-order valence-electron chi connectivity index (χ1n) is 10.1. The van der Waals surface area contributed by atoms with Crippen molar-refractivity contribution in [3.05, 3.63) is 48.6 Å². The Bertz CT molecular complexity index is 635. The fourth-order valence-electron chi connectivity index (χ4n) is 5.23. The zero-order valence-electron chi connectivity index (χ0n) is 15.4. The van der Waals surface area contributed by atoms with Crippen molar-refractivity contribution in [1.29, 1.82) is 0 Å². The van der Waals surface area contributed by atoms with Crippen molar-refractivity contribution in [2.75, 3.05) is 19.6 Å². The molecule has 0 amide bonds. The number of rotatable bonds is 7. The predicted molar refractivity (Wildman–Crippen MR) is 103 cm³/mol. The number of carbonyl (C=O) groups is 1. The highest BCUT2D eigenvalue weighted by molar-refractivity contribution is 5.87. The third kappa shape index (κ3) is 3.38. The van der Waals surface area contributed by atoms with Crippen LogP contribution in [0.2, 0.25) is 0 Å². The summed E-state index contributed by atoms with van der Waals surface area (Å²) in [6, 6.07) is 10.3. The van der Waals surface area contributed by atoms with E-state index in [4.69, 9.17) is 0 Å². The van der Waals surface area contributed by atoms with Gasteiger partial charge in [-0.05, 0) is 30.2 Å². The molecule has 0 bridgehead atoms. The largest absolute Gasteiger partial charge is 0.381 e. The van der Waals surface area contributed by atoms with E-state index in [1.807, 2.05) is 36.4 Å². The number of aliphatic hydroxyl groups excluding tert-OH is 1. The van der Waals surface area contributed by atoms with E-state index in [1.165, 1.54) is 6.42 Å². The van der Waals surface area contributed by atoms with Crippen molar-refractivity contribution >= 4 is 5.78 Å². The zero-order chi connectivity index (χ0) is 18.1. The fourth-order valence-corrected chi connectivity index (χ4v) is 5.23. The minimum Gasteiger partial charge on any atom is -0.381 e. The van der Waals surface area contributed by atoms with Gasteiger partial charge in [-0.1, -0.05) is 49.2 Å². The van der Waals surface area contributed by atoms with Crippen LogP contribution in [0.5, 0.6) is 0 Å². The number of nitrogens with zero attached hydrogens (tertiary/aromatic N) is 1. The third-order valence-corrected chi connectivity index (χ3v) is 6.67. The van der Waals surface area contributed by atoms with Gasteiger partial charge in [0.2, 0.25) is 0 Å². The molecule has 4 rings (SSSR count). The van der Waals surface area contributed by atoms with Crippen LogP contribution in [0.1, 0.15) is 37.4 Å². The van der Waals surface area contributed by atoms with Gasteiger partial charge >= 0.3 is 0 Å². The monoisotopic (exact) mass is 354 g/mol. The summed E-state index contributed by atoms with van der Waals surface area (Å²) in [6.07, 6.45) is 5.23. The maximum Gasteiger partial charge on any atom is 0.170 e. The summed E-state index contributed by atoms with van der Waals surface area (Å²) in [5.74, 6) is 1.44. The van der Waals surface area contributed by atoms with E-state index in [0.717, 1.165) is 56.3 Å². The first-order valence-corrected chi connectivity index (χ1v) is 10.1. The van der Waals surface area contributed by atoms with Crippen molar-refractivity contribution in [3.63, 3.8) is 0 Å².